The molecule has 96 valence electrons. The molecule has 0 spiro atoms. The largest absolute Gasteiger partial charge is 0.334 e. The first-order valence-corrected chi connectivity index (χ1v) is 6.73. The van der Waals surface area contributed by atoms with Gasteiger partial charge in [0.2, 0.25) is 0 Å². The van der Waals surface area contributed by atoms with Gasteiger partial charge in [-0.05, 0) is 31.6 Å². The van der Waals surface area contributed by atoms with Crippen LogP contribution in [0.4, 0.5) is 0 Å². The van der Waals surface area contributed by atoms with Crippen LogP contribution in [0, 0.1) is 11.8 Å². The van der Waals surface area contributed by atoms with Crippen LogP contribution in [-0.4, -0.2) is 9.55 Å². The van der Waals surface area contributed by atoms with Crippen LogP contribution in [0.3, 0.4) is 0 Å². The van der Waals surface area contributed by atoms with Gasteiger partial charge in [-0.15, -0.1) is 0 Å². The number of hydrogen-bond acceptors (Lipinski definition) is 3. The first-order chi connectivity index (χ1) is 8.26. The highest BCUT2D eigenvalue weighted by molar-refractivity contribution is 5.02. The number of rotatable bonds is 4. The molecule has 2 rings (SSSR count). The van der Waals surface area contributed by atoms with Gasteiger partial charge in [-0.3, -0.25) is 5.84 Å². The van der Waals surface area contributed by atoms with Gasteiger partial charge in [0.1, 0.15) is 5.82 Å². The van der Waals surface area contributed by atoms with Gasteiger partial charge in [0.05, 0.1) is 6.04 Å². The number of aromatic nitrogens is 2. The number of imidazole rings is 1. The van der Waals surface area contributed by atoms with E-state index in [1.165, 1.54) is 25.7 Å². The molecule has 0 bridgehead atoms. The molecule has 1 aliphatic carbocycles. The summed E-state index contributed by atoms with van der Waals surface area (Å²) in [4.78, 5) is 4.47. The van der Waals surface area contributed by atoms with Gasteiger partial charge in [0.15, 0.2) is 0 Å². The molecule has 0 aliphatic heterocycles. The summed E-state index contributed by atoms with van der Waals surface area (Å²) >= 11 is 0. The summed E-state index contributed by atoms with van der Waals surface area (Å²) in [6, 6.07) is 0.206. The molecule has 1 heterocycles. The average Bonchev–Trinajstić information content (AvgIpc) is 2.81. The SMILES string of the molecule is CCn1ccnc1C(NN)C1CCC(C)CC1. The van der Waals surface area contributed by atoms with E-state index in [0.29, 0.717) is 5.92 Å². The van der Waals surface area contributed by atoms with Crippen molar-refractivity contribution in [2.45, 2.75) is 52.1 Å². The van der Waals surface area contributed by atoms with E-state index in [1.807, 2.05) is 12.4 Å². The zero-order chi connectivity index (χ0) is 12.3. The lowest BCUT2D eigenvalue weighted by Crippen LogP contribution is -2.37. The third-order valence-electron chi connectivity index (χ3n) is 4.08. The quantitative estimate of drug-likeness (QED) is 0.622. The first-order valence-electron chi connectivity index (χ1n) is 6.73. The monoisotopic (exact) mass is 236 g/mol. The highest BCUT2D eigenvalue weighted by Crippen LogP contribution is 2.35. The zero-order valence-corrected chi connectivity index (χ0v) is 10.9. The molecule has 1 aromatic heterocycles. The fourth-order valence-electron chi connectivity index (χ4n) is 2.91. The van der Waals surface area contributed by atoms with Crippen molar-refractivity contribution in [3.63, 3.8) is 0 Å². The minimum Gasteiger partial charge on any atom is -0.334 e. The molecular weight excluding hydrogens is 212 g/mol. The van der Waals surface area contributed by atoms with Gasteiger partial charge >= 0.3 is 0 Å². The van der Waals surface area contributed by atoms with E-state index in [-0.39, 0.29) is 6.04 Å². The number of nitrogens with one attached hydrogen (secondary N) is 1. The lowest BCUT2D eigenvalue weighted by atomic mass is 9.79. The molecule has 0 radical (unpaired) electrons. The molecule has 3 N–H and O–H groups in total. The van der Waals surface area contributed by atoms with E-state index in [4.69, 9.17) is 5.84 Å². The second kappa shape index (κ2) is 5.65. The molecule has 0 amide bonds. The first kappa shape index (κ1) is 12.6. The van der Waals surface area contributed by atoms with Gasteiger partial charge in [0, 0.05) is 18.9 Å². The van der Waals surface area contributed by atoms with Crippen molar-refractivity contribution >= 4 is 0 Å². The van der Waals surface area contributed by atoms with Crippen LogP contribution in [0.1, 0.15) is 51.4 Å². The van der Waals surface area contributed by atoms with Crippen LogP contribution in [-0.2, 0) is 6.54 Å². The number of hydrazine groups is 1. The van der Waals surface area contributed by atoms with Crippen molar-refractivity contribution in [3.05, 3.63) is 18.2 Å². The van der Waals surface area contributed by atoms with Crippen molar-refractivity contribution in [1.29, 1.82) is 0 Å². The van der Waals surface area contributed by atoms with Gasteiger partial charge in [-0.1, -0.05) is 19.8 Å². The Labute approximate surface area is 104 Å². The maximum atomic E-state index is 5.75. The van der Waals surface area contributed by atoms with Crippen LogP contribution in [0.25, 0.3) is 0 Å². The summed E-state index contributed by atoms with van der Waals surface area (Å²) in [5.74, 6) is 8.34. The van der Waals surface area contributed by atoms with Gasteiger partial charge in [0.25, 0.3) is 0 Å². The Hall–Kier alpha value is -0.870. The smallest absolute Gasteiger partial charge is 0.127 e. The van der Waals surface area contributed by atoms with Crippen LogP contribution >= 0.6 is 0 Å². The summed E-state index contributed by atoms with van der Waals surface area (Å²) in [7, 11) is 0. The topological polar surface area (TPSA) is 55.9 Å². The van der Waals surface area contributed by atoms with E-state index in [2.05, 4.69) is 28.8 Å². The van der Waals surface area contributed by atoms with Crippen molar-refractivity contribution in [1.82, 2.24) is 15.0 Å². The minimum absolute atomic E-state index is 0.206. The third-order valence-corrected chi connectivity index (χ3v) is 4.08. The van der Waals surface area contributed by atoms with Crippen LogP contribution in [0.5, 0.6) is 0 Å². The lowest BCUT2D eigenvalue weighted by molar-refractivity contribution is 0.223. The summed E-state index contributed by atoms with van der Waals surface area (Å²) in [5, 5.41) is 0. The van der Waals surface area contributed by atoms with Gasteiger partial charge in [-0.25, -0.2) is 10.4 Å². The fourth-order valence-corrected chi connectivity index (χ4v) is 2.91. The number of nitrogens with zero attached hydrogens (tertiary/aromatic N) is 2. The molecule has 1 aromatic rings. The summed E-state index contributed by atoms with van der Waals surface area (Å²) in [6.45, 7) is 5.44. The predicted molar refractivity (Wildman–Crippen MR) is 69.1 cm³/mol. The Morgan fingerprint density at radius 2 is 2.18 bits per heavy atom. The Morgan fingerprint density at radius 1 is 1.47 bits per heavy atom. The summed E-state index contributed by atoms with van der Waals surface area (Å²) in [6.07, 6.45) is 9.05. The maximum absolute atomic E-state index is 5.75. The highest BCUT2D eigenvalue weighted by Gasteiger charge is 2.28. The van der Waals surface area contributed by atoms with Crippen molar-refractivity contribution in [2.75, 3.05) is 0 Å². The Bertz CT molecular complexity index is 339. The van der Waals surface area contributed by atoms with Gasteiger partial charge < -0.3 is 4.57 Å². The number of nitrogens with two attached hydrogens (primary N) is 1. The van der Waals surface area contributed by atoms with Crippen molar-refractivity contribution in [2.24, 2.45) is 17.7 Å². The number of hydrogen-bond donors (Lipinski definition) is 2. The molecule has 1 fully saturated rings. The molecule has 1 aliphatic rings. The summed E-state index contributed by atoms with van der Waals surface area (Å²) < 4.78 is 2.18. The Morgan fingerprint density at radius 3 is 2.76 bits per heavy atom. The molecule has 4 nitrogen and oxygen atoms in total. The highest BCUT2D eigenvalue weighted by atomic mass is 15.3. The van der Waals surface area contributed by atoms with E-state index in [1.54, 1.807) is 0 Å². The van der Waals surface area contributed by atoms with Crippen molar-refractivity contribution in [3.8, 4) is 0 Å². The number of aryl methyl sites for hydroxylation is 1. The maximum Gasteiger partial charge on any atom is 0.127 e. The molecule has 0 saturated heterocycles. The molecule has 0 aromatic carbocycles. The Kier molecular flexibility index (Phi) is 4.18. The molecular formula is C13H24N4. The minimum atomic E-state index is 0.206. The normalized spacial score (nSPS) is 27.0. The van der Waals surface area contributed by atoms with E-state index >= 15 is 0 Å². The standard InChI is InChI=1S/C13H24N4/c1-3-17-9-8-15-13(17)12(16-14)11-6-4-10(2)5-7-11/h8-12,16H,3-7,14H2,1-2H3. The molecule has 1 unspecified atom stereocenters. The van der Waals surface area contributed by atoms with E-state index in [0.717, 1.165) is 18.3 Å². The Balaban J connectivity index is 2.10. The second-order valence-corrected chi connectivity index (χ2v) is 5.24. The van der Waals surface area contributed by atoms with Crippen LogP contribution in [0.2, 0.25) is 0 Å². The van der Waals surface area contributed by atoms with Crippen LogP contribution in [0.15, 0.2) is 12.4 Å². The van der Waals surface area contributed by atoms with E-state index < -0.39 is 0 Å². The molecule has 4 heteroatoms. The van der Waals surface area contributed by atoms with Crippen molar-refractivity contribution < 1.29 is 0 Å². The van der Waals surface area contributed by atoms with Gasteiger partial charge in [-0.2, -0.15) is 0 Å². The average molecular weight is 236 g/mol. The van der Waals surface area contributed by atoms with E-state index in [9.17, 15) is 0 Å². The third kappa shape index (κ3) is 2.69. The molecule has 1 atom stereocenters. The molecule has 1 saturated carbocycles. The molecule has 17 heavy (non-hydrogen) atoms. The fraction of sp³-hybridized carbons (Fsp3) is 0.769. The second-order valence-electron chi connectivity index (χ2n) is 5.24. The zero-order valence-electron chi connectivity index (χ0n) is 10.9. The van der Waals surface area contributed by atoms with Crippen LogP contribution < -0.4 is 11.3 Å². The lowest BCUT2D eigenvalue weighted by Gasteiger charge is -2.32. The predicted octanol–water partition coefficient (Wildman–Crippen LogP) is 2.23. The summed E-state index contributed by atoms with van der Waals surface area (Å²) in [5.41, 5.74) is 2.98.